The van der Waals surface area contributed by atoms with Crippen molar-refractivity contribution >= 4 is 16.7 Å². The number of carbonyl (C=O) groups is 1. The summed E-state index contributed by atoms with van der Waals surface area (Å²) in [4.78, 5) is 26.5. The molecular formula is C23H20FN3O2. The molecule has 0 radical (unpaired) electrons. The maximum absolute atomic E-state index is 13.4. The van der Waals surface area contributed by atoms with Crippen molar-refractivity contribution < 1.29 is 9.18 Å². The topological polar surface area (TPSA) is 64.0 Å². The average Bonchev–Trinajstić information content (AvgIpc) is 3.34. The average molecular weight is 389 g/mol. The number of aromatic nitrogens is 2. The van der Waals surface area contributed by atoms with Crippen LogP contribution in [0.25, 0.3) is 22.0 Å². The number of halogens is 1. The van der Waals surface area contributed by atoms with Crippen molar-refractivity contribution in [1.82, 2.24) is 9.89 Å². The molecule has 0 saturated heterocycles. The minimum atomic E-state index is -0.382. The van der Waals surface area contributed by atoms with Crippen molar-refractivity contribution in [2.75, 3.05) is 5.43 Å². The van der Waals surface area contributed by atoms with Gasteiger partial charge in [-0.1, -0.05) is 30.4 Å². The summed E-state index contributed by atoms with van der Waals surface area (Å²) in [6, 6.07) is 13.0. The standard InChI is InChI=1S/C23H20FN3O2/c24-18-9-7-15(8-10-18)22-19-3-1-2-4-20(19)23(29)27(26-22)25-21(28)13-17-12-14-5-6-16(17)11-14/h1-10,14,16-17H,11-13H2,(H,25,28)/t14-,16-,17+/m1/s1. The minimum absolute atomic E-state index is 0.217. The van der Waals surface area contributed by atoms with Gasteiger partial charge in [-0.3, -0.25) is 9.59 Å². The molecule has 0 spiro atoms. The Hall–Kier alpha value is -3.28. The zero-order valence-corrected chi connectivity index (χ0v) is 15.7. The van der Waals surface area contributed by atoms with Gasteiger partial charge in [0.1, 0.15) is 11.5 Å². The van der Waals surface area contributed by atoms with E-state index in [1.165, 1.54) is 12.1 Å². The molecular weight excluding hydrogens is 369 g/mol. The summed E-state index contributed by atoms with van der Waals surface area (Å²) >= 11 is 0. The molecule has 1 heterocycles. The van der Waals surface area contributed by atoms with Crippen molar-refractivity contribution in [1.29, 1.82) is 0 Å². The van der Waals surface area contributed by atoms with E-state index in [2.05, 4.69) is 22.7 Å². The summed E-state index contributed by atoms with van der Waals surface area (Å²) in [5, 5.41) is 5.51. The van der Waals surface area contributed by atoms with Gasteiger partial charge in [-0.25, -0.2) is 9.82 Å². The van der Waals surface area contributed by atoms with Crippen LogP contribution in [0.4, 0.5) is 4.39 Å². The molecule has 1 saturated carbocycles. The van der Waals surface area contributed by atoms with Crippen LogP contribution in [0.15, 0.2) is 65.5 Å². The highest BCUT2D eigenvalue weighted by Crippen LogP contribution is 2.44. The second-order valence-electron chi connectivity index (χ2n) is 7.90. The molecule has 0 unspecified atom stereocenters. The Bertz CT molecular complexity index is 1180. The fourth-order valence-corrected chi connectivity index (χ4v) is 4.62. The first-order valence-corrected chi connectivity index (χ1v) is 9.84. The van der Waals surface area contributed by atoms with Gasteiger partial charge >= 0.3 is 0 Å². The smallest absolute Gasteiger partial charge is 0.273 e. The van der Waals surface area contributed by atoms with E-state index in [1.807, 2.05) is 6.07 Å². The molecule has 1 aromatic heterocycles. The fourth-order valence-electron chi connectivity index (χ4n) is 4.62. The molecule has 2 aliphatic rings. The third-order valence-electron chi connectivity index (χ3n) is 6.02. The molecule has 2 bridgehead atoms. The molecule has 2 aliphatic carbocycles. The second-order valence-corrected chi connectivity index (χ2v) is 7.90. The molecule has 1 fully saturated rings. The van der Waals surface area contributed by atoms with Crippen LogP contribution >= 0.6 is 0 Å². The molecule has 146 valence electrons. The SMILES string of the molecule is O=C(C[C@@H]1C[C@@H]2C=C[C@@H]1C2)Nn1nc(-c2ccc(F)cc2)c2ccccc2c1=O. The van der Waals surface area contributed by atoms with E-state index in [1.54, 1.807) is 30.3 Å². The Labute approximate surface area is 166 Å². The lowest BCUT2D eigenvalue weighted by Gasteiger charge is -2.18. The first-order chi connectivity index (χ1) is 14.1. The highest BCUT2D eigenvalue weighted by atomic mass is 19.1. The molecule has 5 nitrogen and oxygen atoms in total. The molecule has 6 heteroatoms. The zero-order valence-electron chi connectivity index (χ0n) is 15.7. The van der Waals surface area contributed by atoms with Gasteiger partial charge in [0.05, 0.1) is 5.39 Å². The van der Waals surface area contributed by atoms with E-state index >= 15 is 0 Å². The number of fused-ring (bicyclic) bond motifs is 3. The summed E-state index contributed by atoms with van der Waals surface area (Å²) in [6.45, 7) is 0. The zero-order chi connectivity index (χ0) is 20.0. The van der Waals surface area contributed by atoms with Crippen LogP contribution in [0.1, 0.15) is 19.3 Å². The molecule has 1 amide bonds. The molecule has 1 N–H and O–H groups in total. The minimum Gasteiger partial charge on any atom is -0.273 e. The van der Waals surface area contributed by atoms with E-state index in [-0.39, 0.29) is 17.3 Å². The number of amides is 1. The van der Waals surface area contributed by atoms with Crippen LogP contribution in [0.5, 0.6) is 0 Å². The van der Waals surface area contributed by atoms with Crippen molar-refractivity contribution in [2.24, 2.45) is 17.8 Å². The van der Waals surface area contributed by atoms with Crippen molar-refractivity contribution in [3.63, 3.8) is 0 Å². The van der Waals surface area contributed by atoms with Gasteiger partial charge in [0, 0.05) is 17.4 Å². The summed E-state index contributed by atoms with van der Waals surface area (Å²) in [5.74, 6) is 0.800. The number of hydrogen-bond donors (Lipinski definition) is 1. The molecule has 5 rings (SSSR count). The first-order valence-electron chi connectivity index (χ1n) is 9.84. The lowest BCUT2D eigenvalue weighted by Crippen LogP contribution is -2.36. The largest absolute Gasteiger partial charge is 0.294 e. The van der Waals surface area contributed by atoms with Gasteiger partial charge in [-0.2, -0.15) is 0 Å². The summed E-state index contributed by atoms with van der Waals surface area (Å²) < 4.78 is 13.4. The molecule has 2 aromatic carbocycles. The van der Waals surface area contributed by atoms with Crippen LogP contribution in [-0.2, 0) is 4.79 Å². The summed E-state index contributed by atoms with van der Waals surface area (Å²) in [5.41, 5.74) is 3.47. The molecule has 29 heavy (non-hydrogen) atoms. The quantitative estimate of drug-likeness (QED) is 0.689. The number of nitrogens with one attached hydrogen (secondary N) is 1. The van der Waals surface area contributed by atoms with E-state index in [9.17, 15) is 14.0 Å². The Balaban J connectivity index is 1.49. The van der Waals surface area contributed by atoms with E-state index < -0.39 is 0 Å². The Morgan fingerprint density at radius 3 is 2.52 bits per heavy atom. The van der Waals surface area contributed by atoms with Gasteiger partial charge in [-0.05, 0) is 60.9 Å². The van der Waals surface area contributed by atoms with Crippen LogP contribution in [-0.4, -0.2) is 15.8 Å². The van der Waals surface area contributed by atoms with Crippen molar-refractivity contribution in [2.45, 2.75) is 19.3 Å². The third-order valence-corrected chi connectivity index (χ3v) is 6.02. The van der Waals surface area contributed by atoms with Crippen LogP contribution < -0.4 is 11.0 Å². The highest BCUT2D eigenvalue weighted by molar-refractivity contribution is 5.94. The number of carbonyl (C=O) groups excluding carboxylic acids is 1. The number of rotatable bonds is 4. The lowest BCUT2D eigenvalue weighted by atomic mass is 9.90. The van der Waals surface area contributed by atoms with Gasteiger partial charge < -0.3 is 0 Å². The van der Waals surface area contributed by atoms with Crippen molar-refractivity contribution in [3.05, 3.63) is 76.9 Å². The number of nitrogens with zero attached hydrogens (tertiary/aromatic N) is 2. The highest BCUT2D eigenvalue weighted by Gasteiger charge is 2.36. The van der Waals surface area contributed by atoms with E-state index in [4.69, 9.17) is 0 Å². The van der Waals surface area contributed by atoms with Crippen LogP contribution in [0.2, 0.25) is 0 Å². The Morgan fingerprint density at radius 1 is 1.07 bits per heavy atom. The maximum atomic E-state index is 13.4. The second kappa shape index (κ2) is 6.95. The monoisotopic (exact) mass is 389 g/mol. The lowest BCUT2D eigenvalue weighted by molar-refractivity contribution is -0.118. The van der Waals surface area contributed by atoms with Crippen LogP contribution in [0.3, 0.4) is 0 Å². The summed E-state index contributed by atoms with van der Waals surface area (Å²) in [7, 11) is 0. The Morgan fingerprint density at radius 2 is 1.83 bits per heavy atom. The normalized spacial score (nSPS) is 22.3. The number of allylic oxidation sites excluding steroid dienone is 2. The summed E-state index contributed by atoms with van der Waals surface area (Å²) in [6.07, 6.45) is 6.97. The van der Waals surface area contributed by atoms with E-state index in [0.717, 1.165) is 17.6 Å². The number of benzene rings is 2. The van der Waals surface area contributed by atoms with Gasteiger partial charge in [0.2, 0.25) is 5.91 Å². The van der Waals surface area contributed by atoms with Crippen molar-refractivity contribution in [3.8, 4) is 11.3 Å². The van der Waals surface area contributed by atoms with Gasteiger partial charge in [0.15, 0.2) is 0 Å². The van der Waals surface area contributed by atoms with E-state index in [0.29, 0.717) is 46.2 Å². The maximum Gasteiger partial charge on any atom is 0.294 e. The van der Waals surface area contributed by atoms with Gasteiger partial charge in [0.25, 0.3) is 5.56 Å². The fraction of sp³-hybridized carbons (Fsp3) is 0.261. The Kier molecular flexibility index (Phi) is 4.27. The molecule has 3 aromatic rings. The molecule has 3 atom stereocenters. The first kappa shape index (κ1) is 17.8. The predicted octanol–water partition coefficient (Wildman–Crippen LogP) is 3.88. The predicted molar refractivity (Wildman–Crippen MR) is 109 cm³/mol. The third kappa shape index (κ3) is 3.24. The van der Waals surface area contributed by atoms with Gasteiger partial charge in [-0.15, -0.1) is 9.89 Å². The number of hydrogen-bond acceptors (Lipinski definition) is 3. The van der Waals surface area contributed by atoms with Crippen LogP contribution in [0, 0.1) is 23.6 Å². The molecule has 0 aliphatic heterocycles.